The first-order chi connectivity index (χ1) is 13.5. The van der Waals surface area contributed by atoms with Crippen LogP contribution in [0.5, 0.6) is 5.75 Å². The molecule has 0 radical (unpaired) electrons. The first-order valence-electron chi connectivity index (χ1n) is 9.28. The third-order valence-electron chi connectivity index (χ3n) is 4.71. The minimum Gasteiger partial charge on any atom is -0.487 e. The highest BCUT2D eigenvalue weighted by Gasteiger charge is 2.36. The molecule has 0 spiro atoms. The summed E-state index contributed by atoms with van der Waals surface area (Å²) < 4.78 is 35.2. The van der Waals surface area contributed by atoms with E-state index in [2.05, 4.69) is 10.0 Å². The van der Waals surface area contributed by atoms with Crippen LogP contribution in [0.4, 0.5) is 5.69 Å². The second-order valence-corrected chi connectivity index (χ2v) is 10.4. The van der Waals surface area contributed by atoms with Crippen molar-refractivity contribution in [2.45, 2.75) is 55.5 Å². The van der Waals surface area contributed by atoms with Gasteiger partial charge in [-0.3, -0.25) is 4.79 Å². The van der Waals surface area contributed by atoms with Crippen LogP contribution in [0.25, 0.3) is 0 Å². The monoisotopic (exact) mass is 434 g/mol. The minimum atomic E-state index is -3.82. The van der Waals surface area contributed by atoms with Crippen LogP contribution in [0.1, 0.15) is 44.4 Å². The number of hydrogen-bond acceptors (Lipinski definition) is 5. The van der Waals surface area contributed by atoms with Gasteiger partial charge in [0.05, 0.1) is 16.6 Å². The van der Waals surface area contributed by atoms with E-state index in [1.54, 1.807) is 12.1 Å². The number of fused-ring (bicyclic) bond motifs is 1. The molecular formula is C21H26N2O4S2. The fourth-order valence-electron chi connectivity index (χ4n) is 3.48. The Morgan fingerprint density at radius 3 is 2.59 bits per heavy atom. The van der Waals surface area contributed by atoms with Crippen molar-refractivity contribution in [3.8, 4) is 5.75 Å². The minimum absolute atomic E-state index is 0.109. The molecule has 29 heavy (non-hydrogen) atoms. The molecule has 2 N–H and O–H groups in total. The summed E-state index contributed by atoms with van der Waals surface area (Å²) in [7, 11) is -3.82. The zero-order valence-electron chi connectivity index (χ0n) is 17.2. The molecule has 1 heterocycles. The van der Waals surface area contributed by atoms with Crippen LogP contribution in [0.2, 0.25) is 0 Å². The Kier molecular flexibility index (Phi) is 5.98. The van der Waals surface area contributed by atoms with Crippen molar-refractivity contribution < 1.29 is 17.9 Å². The number of nitrogens with one attached hydrogen (secondary N) is 2. The van der Waals surface area contributed by atoms with Gasteiger partial charge in [-0.2, -0.15) is 0 Å². The lowest BCUT2D eigenvalue weighted by molar-refractivity contribution is -0.114. The summed E-state index contributed by atoms with van der Waals surface area (Å²) in [6.45, 7) is 7.25. The number of rotatable bonds is 5. The van der Waals surface area contributed by atoms with Gasteiger partial charge in [0, 0.05) is 23.8 Å². The molecule has 1 aliphatic heterocycles. The maximum atomic E-state index is 13.2. The van der Waals surface area contributed by atoms with Crippen LogP contribution in [0.15, 0.2) is 46.2 Å². The van der Waals surface area contributed by atoms with Gasteiger partial charge in [-0.15, -0.1) is 11.8 Å². The second-order valence-electron chi connectivity index (χ2n) is 7.82. The molecule has 0 saturated carbocycles. The lowest BCUT2D eigenvalue weighted by Crippen LogP contribution is -2.41. The van der Waals surface area contributed by atoms with E-state index in [1.165, 1.54) is 24.8 Å². The van der Waals surface area contributed by atoms with Crippen molar-refractivity contribution >= 4 is 33.4 Å². The Bertz CT molecular complexity index is 1050. The Morgan fingerprint density at radius 1 is 1.21 bits per heavy atom. The van der Waals surface area contributed by atoms with Crippen molar-refractivity contribution in [2.24, 2.45) is 0 Å². The fraction of sp³-hybridized carbons (Fsp3) is 0.381. The molecule has 0 unspecified atom stereocenters. The first kappa shape index (κ1) is 21.7. The molecule has 156 valence electrons. The summed E-state index contributed by atoms with van der Waals surface area (Å²) in [5.74, 6) is 0.439. The number of carbonyl (C=O) groups is 1. The molecule has 1 amide bonds. The fourth-order valence-corrected chi connectivity index (χ4v) is 5.25. The lowest BCUT2D eigenvalue weighted by Gasteiger charge is -2.38. The van der Waals surface area contributed by atoms with Crippen molar-refractivity contribution in [3.63, 3.8) is 0 Å². The third-order valence-corrected chi connectivity index (χ3v) is 6.98. The van der Waals surface area contributed by atoms with Crippen LogP contribution in [-0.2, 0) is 14.8 Å². The third kappa shape index (κ3) is 4.94. The zero-order chi connectivity index (χ0) is 21.4. The lowest BCUT2D eigenvalue weighted by atomic mass is 9.89. The van der Waals surface area contributed by atoms with E-state index in [4.69, 9.17) is 4.74 Å². The van der Waals surface area contributed by atoms with Gasteiger partial charge >= 0.3 is 0 Å². The average Bonchev–Trinajstić information content (AvgIpc) is 2.61. The van der Waals surface area contributed by atoms with Gasteiger partial charge in [0.25, 0.3) is 0 Å². The highest BCUT2D eigenvalue weighted by Crippen LogP contribution is 2.40. The topological polar surface area (TPSA) is 84.5 Å². The predicted octanol–water partition coefficient (Wildman–Crippen LogP) is 4.26. The molecular weight excluding hydrogens is 408 g/mol. The average molecular weight is 435 g/mol. The molecule has 1 aliphatic rings. The number of anilines is 1. The number of ether oxygens (including phenoxy) is 1. The maximum absolute atomic E-state index is 13.2. The zero-order valence-corrected chi connectivity index (χ0v) is 18.8. The smallest absolute Gasteiger partial charge is 0.241 e. The van der Waals surface area contributed by atoms with Gasteiger partial charge in [0.1, 0.15) is 11.4 Å². The standard InChI is InChI=1S/C21H26N2O4S2/c1-13-6-8-19-16(10-13)18(12-21(3,4)27-19)23-29(25,26)15-7-9-20(28-5)17(11-15)22-14(2)24/h6-11,18,23H,12H2,1-5H3,(H,22,24)/t18-/m0/s1. The van der Waals surface area contributed by atoms with E-state index in [0.717, 1.165) is 16.0 Å². The molecule has 2 aromatic carbocycles. The normalized spacial score (nSPS) is 17.9. The number of benzene rings is 2. The number of sulfonamides is 1. The Labute approximate surface area is 176 Å². The van der Waals surface area contributed by atoms with Gasteiger partial charge < -0.3 is 10.1 Å². The number of hydrogen-bond donors (Lipinski definition) is 2. The van der Waals surface area contributed by atoms with E-state index in [-0.39, 0.29) is 10.8 Å². The molecule has 1 atom stereocenters. The van der Waals surface area contributed by atoms with Crippen molar-refractivity contribution in [1.29, 1.82) is 0 Å². The molecule has 0 aromatic heterocycles. The summed E-state index contributed by atoms with van der Waals surface area (Å²) in [4.78, 5) is 12.4. The largest absolute Gasteiger partial charge is 0.487 e. The number of amides is 1. The van der Waals surface area contributed by atoms with E-state index < -0.39 is 21.7 Å². The summed E-state index contributed by atoms with van der Waals surface area (Å²) >= 11 is 1.44. The number of aryl methyl sites for hydroxylation is 1. The highest BCUT2D eigenvalue weighted by atomic mass is 32.2. The quantitative estimate of drug-likeness (QED) is 0.687. The second kappa shape index (κ2) is 8.01. The Balaban J connectivity index is 1.97. The van der Waals surface area contributed by atoms with E-state index in [1.807, 2.05) is 45.2 Å². The maximum Gasteiger partial charge on any atom is 0.241 e. The van der Waals surface area contributed by atoms with E-state index in [0.29, 0.717) is 17.9 Å². The van der Waals surface area contributed by atoms with Crippen molar-refractivity contribution in [1.82, 2.24) is 4.72 Å². The van der Waals surface area contributed by atoms with Crippen LogP contribution in [-0.4, -0.2) is 26.2 Å². The van der Waals surface area contributed by atoms with E-state index >= 15 is 0 Å². The molecule has 0 bridgehead atoms. The Hall–Kier alpha value is -2.03. The summed E-state index contributed by atoms with van der Waals surface area (Å²) in [6.07, 6.45) is 2.38. The SMILES string of the molecule is CSc1ccc(S(=O)(=O)N[C@H]2CC(C)(C)Oc3ccc(C)cc32)cc1NC(C)=O. The van der Waals surface area contributed by atoms with Crippen LogP contribution >= 0.6 is 11.8 Å². The van der Waals surface area contributed by atoms with Gasteiger partial charge in [0.15, 0.2) is 0 Å². The predicted molar refractivity (Wildman–Crippen MR) is 116 cm³/mol. The van der Waals surface area contributed by atoms with Crippen LogP contribution < -0.4 is 14.8 Å². The van der Waals surface area contributed by atoms with Crippen LogP contribution in [0, 0.1) is 6.92 Å². The summed E-state index contributed by atoms with van der Waals surface area (Å²) in [5, 5.41) is 2.70. The Morgan fingerprint density at radius 2 is 1.93 bits per heavy atom. The highest BCUT2D eigenvalue weighted by molar-refractivity contribution is 7.98. The van der Waals surface area contributed by atoms with Gasteiger partial charge in [-0.1, -0.05) is 17.7 Å². The molecule has 0 saturated heterocycles. The molecule has 2 aromatic rings. The van der Waals surface area contributed by atoms with E-state index in [9.17, 15) is 13.2 Å². The summed E-state index contributed by atoms with van der Waals surface area (Å²) in [6, 6.07) is 10.1. The molecule has 6 nitrogen and oxygen atoms in total. The number of thioether (sulfide) groups is 1. The van der Waals surface area contributed by atoms with Crippen LogP contribution in [0.3, 0.4) is 0 Å². The first-order valence-corrected chi connectivity index (χ1v) is 12.0. The number of carbonyl (C=O) groups excluding carboxylic acids is 1. The van der Waals surface area contributed by atoms with Gasteiger partial charge in [-0.25, -0.2) is 13.1 Å². The van der Waals surface area contributed by atoms with Crippen molar-refractivity contribution in [3.05, 3.63) is 47.5 Å². The molecule has 3 rings (SSSR count). The molecule has 0 aliphatic carbocycles. The van der Waals surface area contributed by atoms with Gasteiger partial charge in [-0.05, 0) is 51.3 Å². The van der Waals surface area contributed by atoms with Gasteiger partial charge in [0.2, 0.25) is 15.9 Å². The molecule has 0 fully saturated rings. The summed E-state index contributed by atoms with van der Waals surface area (Å²) in [5.41, 5.74) is 1.85. The molecule has 8 heteroatoms. The van der Waals surface area contributed by atoms with Crippen molar-refractivity contribution in [2.75, 3.05) is 11.6 Å².